The number of halogens is 1. The third-order valence-electron chi connectivity index (χ3n) is 5.43. The Balaban J connectivity index is 1.63. The third kappa shape index (κ3) is 4.28. The first-order valence-corrected chi connectivity index (χ1v) is 10.8. The summed E-state index contributed by atoms with van der Waals surface area (Å²) in [6.07, 6.45) is 0.942. The zero-order valence-corrected chi connectivity index (χ0v) is 17.5. The SMILES string of the molecule is CC(=O)N[C@@H](CC(=O)N1CCc2sccc2[C@@H]1c1ccccc1)c1ccc(F)cc1. The van der Waals surface area contributed by atoms with Crippen LogP contribution < -0.4 is 5.32 Å². The van der Waals surface area contributed by atoms with Crippen LogP contribution >= 0.6 is 11.3 Å². The molecule has 1 aliphatic rings. The van der Waals surface area contributed by atoms with Gasteiger partial charge in [-0.2, -0.15) is 0 Å². The minimum Gasteiger partial charge on any atom is -0.349 e. The summed E-state index contributed by atoms with van der Waals surface area (Å²) in [4.78, 5) is 28.4. The fourth-order valence-corrected chi connectivity index (χ4v) is 4.97. The second kappa shape index (κ2) is 8.79. The Morgan fingerprint density at radius 2 is 1.87 bits per heavy atom. The Morgan fingerprint density at radius 1 is 1.13 bits per heavy atom. The number of nitrogens with one attached hydrogen (secondary N) is 1. The molecule has 0 radical (unpaired) electrons. The van der Waals surface area contributed by atoms with Crippen LogP contribution in [0, 0.1) is 5.82 Å². The Hall–Kier alpha value is -2.99. The molecule has 30 heavy (non-hydrogen) atoms. The molecule has 4 nitrogen and oxygen atoms in total. The van der Waals surface area contributed by atoms with Crippen LogP contribution in [0.2, 0.25) is 0 Å². The van der Waals surface area contributed by atoms with Crippen molar-refractivity contribution in [1.82, 2.24) is 10.2 Å². The molecule has 2 aromatic carbocycles. The van der Waals surface area contributed by atoms with E-state index in [2.05, 4.69) is 16.8 Å². The van der Waals surface area contributed by atoms with E-state index in [0.717, 1.165) is 12.0 Å². The summed E-state index contributed by atoms with van der Waals surface area (Å²) < 4.78 is 13.4. The molecule has 0 unspecified atom stereocenters. The lowest BCUT2D eigenvalue weighted by atomic mass is 9.92. The topological polar surface area (TPSA) is 49.4 Å². The molecule has 0 fully saturated rings. The standard InChI is InChI=1S/C24H23FN2O2S/c1-16(28)26-21(17-7-9-19(25)10-8-17)15-23(29)27-13-11-22-20(12-14-30-22)24(27)18-5-3-2-4-6-18/h2-10,12,14,21,24H,11,13,15H2,1H3,(H,26,28)/t21-,24-/m0/s1. The number of hydrogen-bond acceptors (Lipinski definition) is 3. The van der Waals surface area contributed by atoms with Gasteiger partial charge in [-0.15, -0.1) is 11.3 Å². The number of amides is 2. The predicted molar refractivity (Wildman–Crippen MR) is 116 cm³/mol. The lowest BCUT2D eigenvalue weighted by Crippen LogP contribution is -2.42. The van der Waals surface area contributed by atoms with E-state index in [1.54, 1.807) is 23.5 Å². The van der Waals surface area contributed by atoms with Gasteiger partial charge in [0.15, 0.2) is 0 Å². The lowest BCUT2D eigenvalue weighted by molar-refractivity contribution is -0.134. The van der Waals surface area contributed by atoms with Crippen molar-refractivity contribution < 1.29 is 14.0 Å². The van der Waals surface area contributed by atoms with Gasteiger partial charge in [0.05, 0.1) is 18.5 Å². The van der Waals surface area contributed by atoms with Crippen LogP contribution in [0.3, 0.4) is 0 Å². The predicted octanol–water partition coefficient (Wildman–Crippen LogP) is 4.63. The van der Waals surface area contributed by atoms with Crippen molar-refractivity contribution in [3.05, 3.63) is 93.4 Å². The van der Waals surface area contributed by atoms with Gasteiger partial charge in [0.1, 0.15) is 5.82 Å². The van der Waals surface area contributed by atoms with Crippen LogP contribution in [-0.4, -0.2) is 23.3 Å². The monoisotopic (exact) mass is 422 g/mol. The van der Waals surface area contributed by atoms with E-state index in [4.69, 9.17) is 0 Å². The minimum atomic E-state index is -0.504. The largest absolute Gasteiger partial charge is 0.349 e. The fourth-order valence-electron chi connectivity index (χ4n) is 4.06. The Bertz CT molecular complexity index is 1030. The molecule has 1 N–H and O–H groups in total. The Kier molecular flexibility index (Phi) is 5.95. The van der Waals surface area contributed by atoms with Crippen LogP contribution in [0.15, 0.2) is 66.0 Å². The van der Waals surface area contributed by atoms with Gasteiger partial charge < -0.3 is 10.2 Å². The summed E-state index contributed by atoms with van der Waals surface area (Å²) in [5.74, 6) is -0.615. The molecule has 3 aromatic rings. The molecule has 154 valence electrons. The zero-order valence-electron chi connectivity index (χ0n) is 16.7. The average molecular weight is 423 g/mol. The molecule has 0 bridgehead atoms. The van der Waals surface area contributed by atoms with Gasteiger partial charge in [-0.3, -0.25) is 9.59 Å². The van der Waals surface area contributed by atoms with E-state index < -0.39 is 6.04 Å². The maximum atomic E-state index is 13.4. The van der Waals surface area contributed by atoms with Crippen molar-refractivity contribution in [2.75, 3.05) is 6.54 Å². The van der Waals surface area contributed by atoms with Crippen molar-refractivity contribution in [2.45, 2.75) is 31.8 Å². The smallest absolute Gasteiger partial charge is 0.225 e. The first kappa shape index (κ1) is 20.3. The first-order valence-electron chi connectivity index (χ1n) is 9.96. The minimum absolute atomic E-state index is 0.0382. The van der Waals surface area contributed by atoms with Gasteiger partial charge in [0, 0.05) is 18.3 Å². The summed E-state index contributed by atoms with van der Waals surface area (Å²) in [5.41, 5.74) is 2.95. The summed E-state index contributed by atoms with van der Waals surface area (Å²) in [7, 11) is 0. The number of benzene rings is 2. The van der Waals surface area contributed by atoms with Crippen LogP contribution in [0.1, 0.15) is 47.0 Å². The van der Waals surface area contributed by atoms with E-state index in [1.165, 1.54) is 29.5 Å². The molecule has 0 aliphatic carbocycles. The Morgan fingerprint density at radius 3 is 2.57 bits per heavy atom. The fraction of sp³-hybridized carbons (Fsp3) is 0.250. The van der Waals surface area contributed by atoms with Gasteiger partial charge >= 0.3 is 0 Å². The number of rotatable bonds is 5. The molecule has 1 aliphatic heterocycles. The van der Waals surface area contributed by atoms with Gasteiger partial charge in [-0.25, -0.2) is 4.39 Å². The summed E-state index contributed by atoms with van der Waals surface area (Å²) in [5, 5.41) is 4.92. The third-order valence-corrected chi connectivity index (χ3v) is 6.43. The molecular formula is C24H23FN2O2S. The first-order chi connectivity index (χ1) is 14.5. The summed E-state index contributed by atoms with van der Waals surface area (Å²) in [6, 6.07) is 17.4. The zero-order chi connectivity index (χ0) is 21.1. The van der Waals surface area contributed by atoms with E-state index in [9.17, 15) is 14.0 Å². The Labute approximate surface area is 179 Å². The normalized spacial score (nSPS) is 16.6. The van der Waals surface area contributed by atoms with Crippen LogP contribution in [0.5, 0.6) is 0 Å². The van der Waals surface area contributed by atoms with Crippen molar-refractivity contribution in [1.29, 1.82) is 0 Å². The molecular weight excluding hydrogens is 399 g/mol. The highest BCUT2D eigenvalue weighted by Gasteiger charge is 2.33. The number of thiophene rings is 1. The number of hydrogen-bond donors (Lipinski definition) is 1. The van der Waals surface area contributed by atoms with Crippen molar-refractivity contribution in [3.63, 3.8) is 0 Å². The van der Waals surface area contributed by atoms with E-state index in [0.29, 0.717) is 12.1 Å². The van der Waals surface area contributed by atoms with Crippen molar-refractivity contribution >= 4 is 23.2 Å². The van der Waals surface area contributed by atoms with E-state index in [-0.39, 0.29) is 30.1 Å². The second-order valence-electron chi connectivity index (χ2n) is 7.46. The number of fused-ring (bicyclic) bond motifs is 1. The molecule has 6 heteroatoms. The van der Waals surface area contributed by atoms with Gasteiger partial charge in [-0.1, -0.05) is 42.5 Å². The molecule has 2 heterocycles. The average Bonchev–Trinajstić information content (AvgIpc) is 3.22. The molecule has 0 spiro atoms. The molecule has 0 saturated heterocycles. The molecule has 2 amide bonds. The van der Waals surface area contributed by atoms with E-state index >= 15 is 0 Å². The second-order valence-corrected chi connectivity index (χ2v) is 8.46. The summed E-state index contributed by atoms with van der Waals surface area (Å²) >= 11 is 1.73. The van der Waals surface area contributed by atoms with Crippen LogP contribution in [0.25, 0.3) is 0 Å². The number of carbonyl (C=O) groups is 2. The highest BCUT2D eigenvalue weighted by molar-refractivity contribution is 7.10. The van der Waals surface area contributed by atoms with Gasteiger partial charge in [-0.05, 0) is 46.7 Å². The molecule has 1 aromatic heterocycles. The number of carbonyl (C=O) groups excluding carboxylic acids is 2. The van der Waals surface area contributed by atoms with Crippen LogP contribution in [-0.2, 0) is 16.0 Å². The lowest BCUT2D eigenvalue weighted by Gasteiger charge is -2.37. The van der Waals surface area contributed by atoms with Crippen molar-refractivity contribution in [2.24, 2.45) is 0 Å². The maximum Gasteiger partial charge on any atom is 0.225 e. The number of nitrogens with zero attached hydrogens (tertiary/aromatic N) is 1. The molecule has 4 rings (SSSR count). The summed E-state index contributed by atoms with van der Waals surface area (Å²) in [6.45, 7) is 2.05. The van der Waals surface area contributed by atoms with E-state index in [1.807, 2.05) is 35.2 Å². The molecule has 2 atom stereocenters. The molecule has 0 saturated carbocycles. The van der Waals surface area contributed by atoms with Gasteiger partial charge in [0.25, 0.3) is 0 Å². The maximum absolute atomic E-state index is 13.4. The van der Waals surface area contributed by atoms with Crippen molar-refractivity contribution in [3.8, 4) is 0 Å². The van der Waals surface area contributed by atoms with Gasteiger partial charge in [0.2, 0.25) is 11.8 Å². The highest BCUT2D eigenvalue weighted by atomic mass is 32.1. The quantitative estimate of drug-likeness (QED) is 0.652. The van der Waals surface area contributed by atoms with Crippen LogP contribution in [0.4, 0.5) is 4.39 Å². The highest BCUT2D eigenvalue weighted by Crippen LogP contribution is 2.38.